The van der Waals surface area contributed by atoms with Crippen molar-refractivity contribution in [2.75, 3.05) is 6.54 Å². The van der Waals surface area contributed by atoms with Crippen molar-refractivity contribution in [3.8, 4) is 0 Å². The van der Waals surface area contributed by atoms with Gasteiger partial charge in [0, 0.05) is 6.54 Å². The molecule has 0 spiro atoms. The van der Waals surface area contributed by atoms with Crippen LogP contribution in [0.2, 0.25) is 0 Å². The maximum atomic E-state index is 11.1. The van der Waals surface area contributed by atoms with Crippen molar-refractivity contribution >= 4 is 5.97 Å². The van der Waals surface area contributed by atoms with Crippen LogP contribution in [0.1, 0.15) is 44.9 Å². The lowest BCUT2D eigenvalue weighted by Gasteiger charge is -2.22. The molecule has 0 saturated heterocycles. The van der Waals surface area contributed by atoms with Gasteiger partial charge in [0.25, 0.3) is 0 Å². The molecule has 3 N–H and O–H groups in total. The summed E-state index contributed by atoms with van der Waals surface area (Å²) in [7, 11) is 0. The van der Waals surface area contributed by atoms with Crippen molar-refractivity contribution in [1.29, 1.82) is 0 Å². The van der Waals surface area contributed by atoms with Gasteiger partial charge in [0.2, 0.25) is 0 Å². The molecule has 2 saturated carbocycles. The largest absolute Gasteiger partial charge is 0.481 e. The van der Waals surface area contributed by atoms with Gasteiger partial charge in [-0.25, -0.2) is 0 Å². The first-order valence-corrected chi connectivity index (χ1v) is 6.12. The fraction of sp³-hybridized carbons (Fsp3) is 0.917. The van der Waals surface area contributed by atoms with Gasteiger partial charge in [-0.2, -0.15) is 0 Å². The second-order valence-corrected chi connectivity index (χ2v) is 5.31. The van der Waals surface area contributed by atoms with E-state index in [9.17, 15) is 4.79 Å². The van der Waals surface area contributed by atoms with Crippen molar-refractivity contribution in [2.45, 2.75) is 44.9 Å². The Kier molecular flexibility index (Phi) is 3.01. The maximum Gasteiger partial charge on any atom is 0.311 e. The minimum atomic E-state index is -0.675. The molecule has 2 rings (SSSR count). The standard InChI is InChI=1S/C12H21NO2/c13-8-12(11(14)15)7-10(12)6-9-4-2-1-3-5-9/h9-10H,1-8,13H2,(H,14,15). The SMILES string of the molecule is NCC1(C(=O)O)CC1CC1CCCCC1. The molecule has 86 valence electrons. The summed E-state index contributed by atoms with van der Waals surface area (Å²) in [5.74, 6) is 0.463. The third-order valence-corrected chi connectivity index (χ3v) is 4.36. The maximum absolute atomic E-state index is 11.1. The van der Waals surface area contributed by atoms with E-state index in [-0.39, 0.29) is 0 Å². The van der Waals surface area contributed by atoms with Gasteiger partial charge in [-0.1, -0.05) is 32.1 Å². The predicted molar refractivity (Wildman–Crippen MR) is 58.4 cm³/mol. The van der Waals surface area contributed by atoms with Crippen LogP contribution in [0.25, 0.3) is 0 Å². The summed E-state index contributed by atoms with van der Waals surface area (Å²) in [6.07, 6.45) is 8.55. The van der Waals surface area contributed by atoms with Crippen LogP contribution in [0, 0.1) is 17.3 Å². The zero-order valence-electron chi connectivity index (χ0n) is 9.24. The highest BCUT2D eigenvalue weighted by molar-refractivity contribution is 5.79. The van der Waals surface area contributed by atoms with Crippen LogP contribution in [0.15, 0.2) is 0 Å². The third-order valence-electron chi connectivity index (χ3n) is 4.36. The molecule has 2 aliphatic carbocycles. The summed E-state index contributed by atoms with van der Waals surface area (Å²) in [4.78, 5) is 11.1. The number of carbonyl (C=O) groups is 1. The van der Waals surface area contributed by atoms with E-state index in [1.54, 1.807) is 0 Å². The van der Waals surface area contributed by atoms with Crippen LogP contribution in [0.3, 0.4) is 0 Å². The Morgan fingerprint density at radius 3 is 2.47 bits per heavy atom. The molecular formula is C12H21NO2. The second kappa shape index (κ2) is 4.12. The molecule has 3 heteroatoms. The van der Waals surface area contributed by atoms with E-state index in [1.165, 1.54) is 32.1 Å². The van der Waals surface area contributed by atoms with Gasteiger partial charge in [0.05, 0.1) is 5.41 Å². The van der Waals surface area contributed by atoms with Gasteiger partial charge in [0.1, 0.15) is 0 Å². The molecule has 0 aliphatic heterocycles. The molecule has 2 aliphatic rings. The normalized spacial score (nSPS) is 36.5. The topological polar surface area (TPSA) is 63.3 Å². The number of carboxylic acids is 1. The van der Waals surface area contributed by atoms with Gasteiger partial charge in [0.15, 0.2) is 0 Å². The van der Waals surface area contributed by atoms with E-state index >= 15 is 0 Å². The van der Waals surface area contributed by atoms with Gasteiger partial charge in [-0.15, -0.1) is 0 Å². The highest BCUT2D eigenvalue weighted by Gasteiger charge is 2.59. The summed E-state index contributed by atoms with van der Waals surface area (Å²) in [5, 5.41) is 9.12. The van der Waals surface area contributed by atoms with Gasteiger partial charge in [-0.05, 0) is 24.7 Å². The molecule has 0 aromatic rings. The van der Waals surface area contributed by atoms with E-state index in [4.69, 9.17) is 10.8 Å². The monoisotopic (exact) mass is 211 g/mol. The molecule has 3 nitrogen and oxygen atoms in total. The summed E-state index contributed by atoms with van der Waals surface area (Å²) in [6, 6.07) is 0. The Balaban J connectivity index is 1.84. The van der Waals surface area contributed by atoms with Crippen molar-refractivity contribution in [3.05, 3.63) is 0 Å². The Bertz CT molecular complexity index is 248. The Labute approximate surface area is 91.0 Å². The van der Waals surface area contributed by atoms with Crippen molar-refractivity contribution in [3.63, 3.8) is 0 Å². The van der Waals surface area contributed by atoms with Crippen LogP contribution in [0.4, 0.5) is 0 Å². The minimum Gasteiger partial charge on any atom is -0.481 e. The lowest BCUT2D eigenvalue weighted by molar-refractivity contribution is -0.143. The van der Waals surface area contributed by atoms with Crippen molar-refractivity contribution in [1.82, 2.24) is 0 Å². The third kappa shape index (κ3) is 2.03. The molecule has 0 aromatic carbocycles. The average molecular weight is 211 g/mol. The first-order chi connectivity index (χ1) is 7.19. The van der Waals surface area contributed by atoms with E-state index < -0.39 is 11.4 Å². The summed E-state index contributed by atoms with van der Waals surface area (Å²) >= 11 is 0. The van der Waals surface area contributed by atoms with Crippen LogP contribution < -0.4 is 5.73 Å². The number of rotatable bonds is 4. The zero-order valence-corrected chi connectivity index (χ0v) is 9.24. The van der Waals surface area contributed by atoms with E-state index in [2.05, 4.69) is 0 Å². The average Bonchev–Trinajstić information content (AvgIpc) is 2.94. The molecule has 0 bridgehead atoms. The molecule has 2 atom stereocenters. The Morgan fingerprint density at radius 1 is 1.33 bits per heavy atom. The van der Waals surface area contributed by atoms with E-state index in [0.717, 1.165) is 18.8 Å². The van der Waals surface area contributed by atoms with Crippen molar-refractivity contribution < 1.29 is 9.90 Å². The first-order valence-electron chi connectivity index (χ1n) is 6.12. The smallest absolute Gasteiger partial charge is 0.311 e. The second-order valence-electron chi connectivity index (χ2n) is 5.31. The summed E-state index contributed by atoms with van der Waals surface area (Å²) in [5.41, 5.74) is 5.04. The summed E-state index contributed by atoms with van der Waals surface area (Å²) in [6.45, 7) is 0.319. The van der Waals surface area contributed by atoms with Crippen LogP contribution in [-0.2, 0) is 4.79 Å². The van der Waals surface area contributed by atoms with E-state index in [1.807, 2.05) is 0 Å². The predicted octanol–water partition coefficient (Wildman–Crippen LogP) is 2.01. The molecule has 2 fully saturated rings. The number of carboxylic acid groups (broad SMARTS) is 1. The molecular weight excluding hydrogens is 190 g/mol. The fourth-order valence-electron chi connectivity index (χ4n) is 3.11. The molecule has 0 aromatic heterocycles. The lowest BCUT2D eigenvalue weighted by atomic mass is 9.84. The van der Waals surface area contributed by atoms with Crippen molar-refractivity contribution in [2.24, 2.45) is 23.0 Å². The number of hydrogen-bond acceptors (Lipinski definition) is 2. The Hall–Kier alpha value is -0.570. The number of nitrogens with two attached hydrogens (primary N) is 1. The van der Waals surface area contributed by atoms with Gasteiger partial charge < -0.3 is 10.8 Å². The molecule has 0 radical (unpaired) electrons. The minimum absolute atomic E-state index is 0.319. The number of hydrogen-bond donors (Lipinski definition) is 2. The zero-order chi connectivity index (χ0) is 10.9. The number of aliphatic carboxylic acids is 1. The van der Waals surface area contributed by atoms with Crippen LogP contribution in [0.5, 0.6) is 0 Å². The Morgan fingerprint density at radius 2 is 2.00 bits per heavy atom. The fourth-order valence-corrected chi connectivity index (χ4v) is 3.11. The summed E-state index contributed by atoms with van der Waals surface area (Å²) < 4.78 is 0. The van der Waals surface area contributed by atoms with Gasteiger partial charge in [-0.3, -0.25) is 4.79 Å². The highest BCUT2D eigenvalue weighted by atomic mass is 16.4. The van der Waals surface area contributed by atoms with Gasteiger partial charge >= 0.3 is 5.97 Å². The molecule has 2 unspecified atom stereocenters. The van der Waals surface area contributed by atoms with Crippen LogP contribution >= 0.6 is 0 Å². The first kappa shape index (κ1) is 10.9. The van der Waals surface area contributed by atoms with E-state index in [0.29, 0.717) is 12.5 Å². The quantitative estimate of drug-likeness (QED) is 0.747. The highest BCUT2D eigenvalue weighted by Crippen LogP contribution is 2.56. The molecule has 0 amide bonds. The van der Waals surface area contributed by atoms with Crippen LogP contribution in [-0.4, -0.2) is 17.6 Å². The molecule has 15 heavy (non-hydrogen) atoms. The lowest BCUT2D eigenvalue weighted by Crippen LogP contribution is -2.27. The molecule has 0 heterocycles.